The van der Waals surface area contributed by atoms with E-state index in [0.717, 1.165) is 49.6 Å². The third kappa shape index (κ3) is 4.58. The van der Waals surface area contributed by atoms with E-state index in [2.05, 4.69) is 46.1 Å². The van der Waals surface area contributed by atoms with Gasteiger partial charge in [-0.25, -0.2) is 0 Å². The molecule has 3 aliphatic rings. The third-order valence-electron chi connectivity index (χ3n) is 4.78. The van der Waals surface area contributed by atoms with Crippen LogP contribution in [0.1, 0.15) is 38.4 Å². The summed E-state index contributed by atoms with van der Waals surface area (Å²) in [7, 11) is 0. The molecule has 0 unspecified atom stereocenters. The van der Waals surface area contributed by atoms with Crippen LogP contribution in [0.15, 0.2) is 16.2 Å². The first-order valence-corrected chi connectivity index (χ1v) is 9.93. The monoisotopic (exact) mass is 336 g/mol. The van der Waals surface area contributed by atoms with Crippen molar-refractivity contribution in [1.82, 2.24) is 19.9 Å². The fourth-order valence-corrected chi connectivity index (χ4v) is 4.04. The van der Waals surface area contributed by atoms with E-state index >= 15 is 0 Å². The van der Waals surface area contributed by atoms with E-state index in [-0.39, 0.29) is 0 Å². The van der Waals surface area contributed by atoms with E-state index in [9.17, 15) is 0 Å². The van der Waals surface area contributed by atoms with Crippen molar-refractivity contribution in [2.24, 2.45) is 5.92 Å². The van der Waals surface area contributed by atoms with E-state index in [1.165, 1.54) is 25.0 Å². The van der Waals surface area contributed by atoms with E-state index in [1.807, 2.05) is 0 Å². The second-order valence-corrected chi connectivity index (χ2v) is 7.93. The summed E-state index contributed by atoms with van der Waals surface area (Å²) in [6, 6.07) is 0.665. The molecule has 4 rings (SSSR count). The molecule has 1 aromatic heterocycles. The van der Waals surface area contributed by atoms with Gasteiger partial charge in [-0.3, -0.25) is 9.80 Å². The Bertz CT molecular complexity index is 540. The molecular weight excluding hydrogens is 308 g/mol. The van der Waals surface area contributed by atoms with Gasteiger partial charge in [-0.2, -0.15) is 16.7 Å². The number of rotatable bonds is 6. The Morgan fingerprint density at radius 3 is 2.96 bits per heavy atom. The number of allylic oxidation sites excluding steroid dienone is 1. The molecular formula is C17H28N4OS. The smallest absolute Gasteiger partial charge is 0.240 e. The minimum Gasteiger partial charge on any atom is -0.338 e. The average Bonchev–Trinajstić information content (AvgIpc) is 2.77. The Kier molecular flexibility index (Phi) is 5.77. The van der Waals surface area contributed by atoms with Gasteiger partial charge in [-0.05, 0) is 38.9 Å². The number of hydrogen-bond acceptors (Lipinski definition) is 6. The molecule has 4 heterocycles. The van der Waals surface area contributed by atoms with Crippen LogP contribution in [-0.4, -0.2) is 58.4 Å². The van der Waals surface area contributed by atoms with Crippen LogP contribution in [0.3, 0.4) is 0 Å². The van der Waals surface area contributed by atoms with E-state index in [0.29, 0.717) is 6.04 Å². The zero-order valence-electron chi connectivity index (χ0n) is 14.5. The fourth-order valence-electron chi connectivity index (χ4n) is 3.66. The molecule has 0 aromatic carbocycles. The van der Waals surface area contributed by atoms with Gasteiger partial charge in [0.05, 0.1) is 12.3 Å². The topological polar surface area (TPSA) is 45.4 Å². The molecule has 0 radical (unpaired) electrons. The van der Waals surface area contributed by atoms with Crippen molar-refractivity contribution in [3.8, 4) is 0 Å². The zero-order chi connectivity index (χ0) is 16.2. The fraction of sp³-hybridized carbons (Fsp3) is 0.765. The van der Waals surface area contributed by atoms with Crippen LogP contribution in [0, 0.1) is 5.92 Å². The highest BCUT2D eigenvalue weighted by atomic mass is 32.2. The van der Waals surface area contributed by atoms with Gasteiger partial charge in [0.2, 0.25) is 5.89 Å². The van der Waals surface area contributed by atoms with Crippen molar-refractivity contribution in [2.45, 2.75) is 45.0 Å². The highest BCUT2D eigenvalue weighted by molar-refractivity contribution is 7.97. The van der Waals surface area contributed by atoms with Gasteiger partial charge in [0.1, 0.15) is 0 Å². The van der Waals surface area contributed by atoms with Crippen LogP contribution < -0.4 is 0 Å². The minimum absolute atomic E-state index is 0.665. The van der Waals surface area contributed by atoms with Gasteiger partial charge >= 0.3 is 0 Å². The Hall–Kier alpha value is -0.850. The van der Waals surface area contributed by atoms with Crippen molar-refractivity contribution in [3.05, 3.63) is 23.4 Å². The van der Waals surface area contributed by atoms with Gasteiger partial charge in [-0.15, -0.1) is 0 Å². The number of fused-ring (bicyclic) bond motifs is 4. The summed E-state index contributed by atoms with van der Waals surface area (Å²) in [4.78, 5) is 9.69. The summed E-state index contributed by atoms with van der Waals surface area (Å²) in [6.07, 6.45) is 7.09. The van der Waals surface area contributed by atoms with Crippen LogP contribution in [0.2, 0.25) is 0 Å². The molecule has 0 spiro atoms. The molecule has 0 saturated carbocycles. The van der Waals surface area contributed by atoms with Gasteiger partial charge in [-0.1, -0.05) is 16.8 Å². The van der Waals surface area contributed by atoms with E-state index in [4.69, 9.17) is 4.52 Å². The number of aromatic nitrogens is 2. The molecule has 5 nitrogen and oxygen atoms in total. The standard InChI is InChI=1S/C17H28N4OS/c1-13(2)6-7-21-9-14-4-5-15(21)10-20(8-14)11-17-18-16(12-23-3)19-22-17/h6,14-15H,4-5,7-12H2,1-3H3/t14-,15+/m0/s1. The average molecular weight is 337 g/mol. The molecule has 3 fully saturated rings. The summed E-state index contributed by atoms with van der Waals surface area (Å²) in [5, 5.41) is 4.06. The molecule has 2 bridgehead atoms. The number of nitrogens with zero attached hydrogens (tertiary/aromatic N) is 4. The maximum Gasteiger partial charge on any atom is 0.240 e. The zero-order valence-corrected chi connectivity index (χ0v) is 15.3. The molecule has 128 valence electrons. The summed E-state index contributed by atoms with van der Waals surface area (Å²) in [6.45, 7) is 9.76. The first-order valence-electron chi connectivity index (χ1n) is 8.54. The third-order valence-corrected chi connectivity index (χ3v) is 5.33. The lowest BCUT2D eigenvalue weighted by Crippen LogP contribution is -2.43. The second-order valence-electron chi connectivity index (χ2n) is 7.06. The minimum atomic E-state index is 0.665. The Balaban J connectivity index is 1.61. The first-order chi connectivity index (χ1) is 11.1. The van der Waals surface area contributed by atoms with Gasteiger partial charge in [0.25, 0.3) is 0 Å². The predicted octanol–water partition coefficient (Wildman–Crippen LogP) is 2.80. The predicted molar refractivity (Wildman–Crippen MR) is 94.3 cm³/mol. The molecule has 1 aromatic rings. The largest absolute Gasteiger partial charge is 0.338 e. The van der Waals surface area contributed by atoms with Crippen molar-refractivity contribution in [1.29, 1.82) is 0 Å². The highest BCUT2D eigenvalue weighted by Crippen LogP contribution is 2.28. The second kappa shape index (κ2) is 7.81. The number of hydrogen-bond donors (Lipinski definition) is 0. The maximum atomic E-state index is 5.42. The highest BCUT2D eigenvalue weighted by Gasteiger charge is 2.34. The van der Waals surface area contributed by atoms with Crippen molar-refractivity contribution in [2.75, 3.05) is 32.4 Å². The normalized spacial score (nSPS) is 25.5. The molecule has 0 amide bonds. The lowest BCUT2D eigenvalue weighted by molar-refractivity contribution is 0.145. The summed E-state index contributed by atoms with van der Waals surface area (Å²) in [5.74, 6) is 3.18. The lowest BCUT2D eigenvalue weighted by Gasteiger charge is -2.35. The van der Waals surface area contributed by atoms with Gasteiger partial charge in [0, 0.05) is 32.2 Å². The molecule has 0 N–H and O–H groups in total. The summed E-state index contributed by atoms with van der Waals surface area (Å²) in [5.41, 5.74) is 1.41. The molecule has 0 aliphatic carbocycles. The van der Waals surface area contributed by atoms with E-state index < -0.39 is 0 Å². The molecule has 6 heteroatoms. The van der Waals surface area contributed by atoms with Crippen LogP contribution in [0.5, 0.6) is 0 Å². The number of thioether (sulfide) groups is 1. The van der Waals surface area contributed by atoms with Crippen LogP contribution in [0.4, 0.5) is 0 Å². The Morgan fingerprint density at radius 2 is 2.17 bits per heavy atom. The maximum absolute atomic E-state index is 5.42. The van der Waals surface area contributed by atoms with E-state index in [1.54, 1.807) is 11.8 Å². The van der Waals surface area contributed by atoms with Gasteiger partial charge in [0.15, 0.2) is 5.82 Å². The first kappa shape index (κ1) is 17.0. The quantitative estimate of drug-likeness (QED) is 0.745. The van der Waals surface area contributed by atoms with Crippen LogP contribution in [-0.2, 0) is 12.3 Å². The summed E-state index contributed by atoms with van der Waals surface area (Å²) >= 11 is 1.73. The lowest BCUT2D eigenvalue weighted by atomic mass is 9.95. The molecule has 3 aliphatic heterocycles. The SMILES string of the molecule is CSCc1noc(CN2C[C@@H]3CC[C@H](C2)N(CC=C(C)C)C3)n1. The number of piperidine rings is 1. The van der Waals surface area contributed by atoms with Crippen molar-refractivity contribution >= 4 is 11.8 Å². The molecule has 2 atom stereocenters. The molecule has 3 saturated heterocycles. The van der Waals surface area contributed by atoms with Crippen LogP contribution >= 0.6 is 11.8 Å². The van der Waals surface area contributed by atoms with Crippen LogP contribution in [0.25, 0.3) is 0 Å². The summed E-state index contributed by atoms with van der Waals surface area (Å²) < 4.78 is 5.42. The van der Waals surface area contributed by atoms with Gasteiger partial charge < -0.3 is 4.52 Å². The Morgan fingerprint density at radius 1 is 1.30 bits per heavy atom. The van der Waals surface area contributed by atoms with Crippen molar-refractivity contribution in [3.63, 3.8) is 0 Å². The Labute approximate surface area is 143 Å². The molecule has 23 heavy (non-hydrogen) atoms. The van der Waals surface area contributed by atoms with Crippen molar-refractivity contribution < 1.29 is 4.52 Å².